The molecular weight excluding hydrogens is 252 g/mol. The Bertz CT molecular complexity index is 446. The Hall–Kier alpha value is -1.39. The summed E-state index contributed by atoms with van der Waals surface area (Å²) in [6.07, 6.45) is 2.43. The van der Waals surface area contributed by atoms with Crippen molar-refractivity contribution >= 4 is 5.91 Å². The van der Waals surface area contributed by atoms with Gasteiger partial charge in [-0.2, -0.15) is 0 Å². The zero-order chi connectivity index (χ0) is 14.4. The molecule has 0 heterocycles. The van der Waals surface area contributed by atoms with Gasteiger partial charge < -0.3 is 15.7 Å². The second-order valence-corrected chi connectivity index (χ2v) is 5.55. The second kappa shape index (κ2) is 7.41. The number of carbonyl (C=O) groups is 1. The van der Waals surface area contributed by atoms with Gasteiger partial charge in [0.05, 0.1) is 6.10 Å². The highest BCUT2D eigenvalue weighted by Crippen LogP contribution is 2.25. The molecule has 20 heavy (non-hydrogen) atoms. The average Bonchev–Trinajstić information content (AvgIpc) is 2.46. The first-order chi connectivity index (χ1) is 9.66. The van der Waals surface area contributed by atoms with Crippen molar-refractivity contribution in [2.24, 2.45) is 5.92 Å². The van der Waals surface area contributed by atoms with E-state index in [0.29, 0.717) is 19.6 Å². The third-order valence-corrected chi connectivity index (χ3v) is 3.76. The molecule has 0 fully saturated rings. The summed E-state index contributed by atoms with van der Waals surface area (Å²) in [5.41, 5.74) is 2.70. The molecule has 0 spiro atoms. The topological polar surface area (TPSA) is 61.4 Å². The Morgan fingerprint density at radius 3 is 2.85 bits per heavy atom. The highest BCUT2D eigenvalue weighted by molar-refractivity contribution is 5.79. The summed E-state index contributed by atoms with van der Waals surface area (Å²) in [6, 6.07) is 8.38. The number of aliphatic hydroxyl groups is 1. The maximum absolute atomic E-state index is 12.1. The second-order valence-electron chi connectivity index (χ2n) is 5.55. The van der Waals surface area contributed by atoms with Crippen LogP contribution in [0.5, 0.6) is 0 Å². The van der Waals surface area contributed by atoms with Gasteiger partial charge in [-0.05, 0) is 37.3 Å². The molecule has 4 heteroatoms. The molecule has 110 valence electrons. The molecule has 0 saturated carbocycles. The van der Waals surface area contributed by atoms with Gasteiger partial charge in [-0.1, -0.05) is 24.3 Å². The van der Waals surface area contributed by atoms with E-state index in [1.165, 1.54) is 11.1 Å². The fourth-order valence-corrected chi connectivity index (χ4v) is 2.65. The molecule has 0 saturated heterocycles. The van der Waals surface area contributed by atoms with Crippen LogP contribution in [-0.4, -0.2) is 36.8 Å². The molecule has 2 atom stereocenters. The van der Waals surface area contributed by atoms with Crippen LogP contribution in [-0.2, 0) is 17.6 Å². The van der Waals surface area contributed by atoms with Crippen molar-refractivity contribution in [3.63, 3.8) is 0 Å². The normalized spacial score (nSPS) is 19.2. The summed E-state index contributed by atoms with van der Waals surface area (Å²) >= 11 is 0. The predicted octanol–water partition coefficient (Wildman–Crippen LogP) is 0.878. The number of nitrogens with one attached hydrogen (secondary N) is 2. The molecule has 1 aliphatic rings. The Morgan fingerprint density at radius 2 is 2.10 bits per heavy atom. The average molecular weight is 276 g/mol. The number of aliphatic hydroxyl groups excluding tert-OH is 1. The fraction of sp³-hybridized carbons (Fsp3) is 0.562. The van der Waals surface area contributed by atoms with Gasteiger partial charge in [0.1, 0.15) is 0 Å². The van der Waals surface area contributed by atoms with Gasteiger partial charge in [0.15, 0.2) is 0 Å². The van der Waals surface area contributed by atoms with Crippen LogP contribution < -0.4 is 10.6 Å². The number of aryl methyl sites for hydroxylation is 1. The van der Waals surface area contributed by atoms with Crippen LogP contribution in [0, 0.1) is 5.92 Å². The molecule has 3 N–H and O–H groups in total. The van der Waals surface area contributed by atoms with Gasteiger partial charge in [-0.25, -0.2) is 0 Å². The maximum atomic E-state index is 12.1. The van der Waals surface area contributed by atoms with Crippen molar-refractivity contribution in [2.75, 3.05) is 19.6 Å². The Morgan fingerprint density at radius 1 is 1.35 bits per heavy atom. The van der Waals surface area contributed by atoms with Crippen molar-refractivity contribution in [1.82, 2.24) is 10.6 Å². The van der Waals surface area contributed by atoms with E-state index in [-0.39, 0.29) is 17.9 Å². The predicted molar refractivity (Wildman–Crippen MR) is 79.5 cm³/mol. The zero-order valence-electron chi connectivity index (χ0n) is 12.1. The third-order valence-electron chi connectivity index (χ3n) is 3.76. The van der Waals surface area contributed by atoms with E-state index < -0.39 is 0 Å². The molecular formula is C16H24N2O2. The van der Waals surface area contributed by atoms with Gasteiger partial charge in [0.2, 0.25) is 5.91 Å². The highest BCUT2D eigenvalue weighted by atomic mass is 16.3. The lowest BCUT2D eigenvalue weighted by molar-refractivity contribution is -0.125. The number of carbonyl (C=O) groups excluding carboxylic acids is 1. The monoisotopic (exact) mass is 276 g/mol. The molecule has 2 unspecified atom stereocenters. The highest BCUT2D eigenvalue weighted by Gasteiger charge is 2.23. The van der Waals surface area contributed by atoms with Crippen molar-refractivity contribution in [2.45, 2.75) is 32.3 Å². The van der Waals surface area contributed by atoms with E-state index in [1.807, 2.05) is 6.07 Å². The first-order valence-corrected chi connectivity index (χ1v) is 7.40. The Kier molecular flexibility index (Phi) is 5.56. The van der Waals surface area contributed by atoms with Crippen molar-refractivity contribution < 1.29 is 9.90 Å². The minimum absolute atomic E-state index is 0.0988. The first kappa shape index (κ1) is 15.0. The van der Waals surface area contributed by atoms with Gasteiger partial charge >= 0.3 is 0 Å². The number of amides is 1. The van der Waals surface area contributed by atoms with E-state index in [9.17, 15) is 4.79 Å². The van der Waals surface area contributed by atoms with Crippen LogP contribution in [0.4, 0.5) is 0 Å². The van der Waals surface area contributed by atoms with Gasteiger partial charge in [-0.15, -0.1) is 0 Å². The van der Waals surface area contributed by atoms with Crippen LogP contribution in [0.25, 0.3) is 0 Å². The molecule has 1 aliphatic carbocycles. The molecule has 0 aromatic heterocycles. The molecule has 0 radical (unpaired) electrons. The largest absolute Gasteiger partial charge is 0.392 e. The van der Waals surface area contributed by atoms with Gasteiger partial charge in [0.25, 0.3) is 0 Å². The van der Waals surface area contributed by atoms with Crippen LogP contribution in [0.15, 0.2) is 24.3 Å². The van der Waals surface area contributed by atoms with Gasteiger partial charge in [-0.3, -0.25) is 4.79 Å². The number of fused-ring (bicyclic) bond motifs is 1. The minimum atomic E-state index is -0.347. The number of benzene rings is 1. The minimum Gasteiger partial charge on any atom is -0.392 e. The summed E-state index contributed by atoms with van der Waals surface area (Å²) in [5.74, 6) is 0.250. The van der Waals surface area contributed by atoms with E-state index >= 15 is 0 Å². The molecule has 1 aromatic carbocycles. The van der Waals surface area contributed by atoms with Crippen molar-refractivity contribution in [1.29, 1.82) is 0 Å². The summed E-state index contributed by atoms with van der Waals surface area (Å²) < 4.78 is 0. The summed E-state index contributed by atoms with van der Waals surface area (Å²) in [7, 11) is 0. The SMILES string of the molecule is CC(O)CNCCNC(=O)C1CCc2ccccc2C1. The number of rotatable bonds is 6. The van der Waals surface area contributed by atoms with Crippen molar-refractivity contribution in [3.8, 4) is 0 Å². The maximum Gasteiger partial charge on any atom is 0.223 e. The smallest absolute Gasteiger partial charge is 0.223 e. The molecule has 1 aromatic rings. The molecule has 0 bridgehead atoms. The Labute approximate surface area is 120 Å². The van der Waals surface area contributed by atoms with E-state index in [0.717, 1.165) is 19.3 Å². The van der Waals surface area contributed by atoms with E-state index in [4.69, 9.17) is 5.11 Å². The lowest BCUT2D eigenvalue weighted by Crippen LogP contribution is -2.39. The zero-order valence-corrected chi connectivity index (χ0v) is 12.1. The number of hydrogen-bond acceptors (Lipinski definition) is 3. The lowest BCUT2D eigenvalue weighted by atomic mass is 9.83. The fourth-order valence-electron chi connectivity index (χ4n) is 2.65. The Balaban J connectivity index is 1.72. The van der Waals surface area contributed by atoms with Crippen molar-refractivity contribution in [3.05, 3.63) is 35.4 Å². The number of hydrogen-bond donors (Lipinski definition) is 3. The molecule has 2 rings (SSSR count). The molecule has 0 aliphatic heterocycles. The van der Waals surface area contributed by atoms with Crippen LogP contribution >= 0.6 is 0 Å². The molecule has 1 amide bonds. The lowest BCUT2D eigenvalue weighted by Gasteiger charge is -2.23. The summed E-state index contributed by atoms with van der Waals surface area (Å²) in [5, 5.41) is 15.2. The van der Waals surface area contributed by atoms with Crippen LogP contribution in [0.1, 0.15) is 24.5 Å². The van der Waals surface area contributed by atoms with Gasteiger partial charge in [0, 0.05) is 25.6 Å². The summed E-state index contributed by atoms with van der Waals surface area (Å²) in [6.45, 7) is 3.61. The standard InChI is InChI=1S/C16H24N2O2/c1-12(19)11-17-8-9-18-16(20)15-7-6-13-4-2-3-5-14(13)10-15/h2-5,12,15,17,19H,6-11H2,1H3,(H,18,20). The summed E-state index contributed by atoms with van der Waals surface area (Å²) in [4.78, 5) is 12.1. The first-order valence-electron chi connectivity index (χ1n) is 7.40. The quantitative estimate of drug-likeness (QED) is 0.676. The van der Waals surface area contributed by atoms with Crippen LogP contribution in [0.3, 0.4) is 0 Å². The van der Waals surface area contributed by atoms with E-state index in [1.54, 1.807) is 6.92 Å². The van der Waals surface area contributed by atoms with Crippen LogP contribution in [0.2, 0.25) is 0 Å². The molecule has 4 nitrogen and oxygen atoms in total. The third kappa shape index (κ3) is 4.32. The van der Waals surface area contributed by atoms with E-state index in [2.05, 4.69) is 28.8 Å².